The Kier molecular flexibility index (Phi) is 5.77. The highest BCUT2D eigenvalue weighted by Crippen LogP contribution is 2.23. The number of hydrogen-bond donors (Lipinski definition) is 3. The number of nitrogens with one attached hydrogen (secondary N) is 2. The van der Waals surface area contributed by atoms with Crippen molar-refractivity contribution in [2.45, 2.75) is 6.92 Å². The largest absolute Gasteiger partial charge is 0.478 e. The summed E-state index contributed by atoms with van der Waals surface area (Å²) < 4.78 is 0. The predicted molar refractivity (Wildman–Crippen MR) is 98.3 cm³/mol. The van der Waals surface area contributed by atoms with Crippen LogP contribution in [0.3, 0.4) is 0 Å². The van der Waals surface area contributed by atoms with E-state index in [0.29, 0.717) is 10.6 Å². The first-order valence-electron chi connectivity index (χ1n) is 6.69. The molecule has 0 saturated carbocycles. The minimum atomic E-state index is -1.10. The van der Waals surface area contributed by atoms with Gasteiger partial charge in [0.15, 0.2) is 5.11 Å². The number of rotatable bonds is 3. The van der Waals surface area contributed by atoms with Gasteiger partial charge in [0.1, 0.15) is 0 Å². The Bertz CT molecular complexity index is 840. The number of carbonyl (C=O) groups is 2. The van der Waals surface area contributed by atoms with E-state index in [4.69, 9.17) is 40.5 Å². The Labute approximate surface area is 153 Å². The molecule has 2 aromatic carbocycles. The van der Waals surface area contributed by atoms with E-state index in [1.165, 1.54) is 24.3 Å². The van der Waals surface area contributed by atoms with Crippen LogP contribution in [-0.2, 0) is 0 Å². The van der Waals surface area contributed by atoms with E-state index in [9.17, 15) is 9.59 Å². The van der Waals surface area contributed by atoms with Gasteiger partial charge in [0.05, 0.1) is 16.3 Å². The van der Waals surface area contributed by atoms with Crippen LogP contribution in [0.2, 0.25) is 10.0 Å². The molecule has 3 N–H and O–H groups in total. The van der Waals surface area contributed by atoms with E-state index >= 15 is 0 Å². The molecule has 0 bridgehead atoms. The van der Waals surface area contributed by atoms with Crippen molar-refractivity contribution < 1.29 is 14.7 Å². The SMILES string of the molecule is Cc1ccc(C(=O)NC(=S)Nc2cc(C(=O)O)ccc2Cl)cc1Cl. The highest BCUT2D eigenvalue weighted by atomic mass is 35.5. The minimum Gasteiger partial charge on any atom is -0.478 e. The van der Waals surface area contributed by atoms with E-state index in [-0.39, 0.29) is 21.4 Å². The molecule has 0 aliphatic carbocycles. The van der Waals surface area contributed by atoms with Crippen LogP contribution in [0.15, 0.2) is 36.4 Å². The second kappa shape index (κ2) is 7.61. The first-order valence-corrected chi connectivity index (χ1v) is 7.85. The summed E-state index contributed by atoms with van der Waals surface area (Å²) in [7, 11) is 0. The second-order valence-corrected chi connectivity index (χ2v) is 6.09. The van der Waals surface area contributed by atoms with Gasteiger partial charge in [-0.15, -0.1) is 0 Å². The lowest BCUT2D eigenvalue weighted by Crippen LogP contribution is -2.34. The van der Waals surface area contributed by atoms with Gasteiger partial charge in [-0.25, -0.2) is 4.79 Å². The first-order chi connectivity index (χ1) is 11.3. The number of carboxylic acid groups (broad SMARTS) is 1. The average Bonchev–Trinajstić information content (AvgIpc) is 2.51. The van der Waals surface area contributed by atoms with E-state index in [2.05, 4.69) is 10.6 Å². The highest BCUT2D eigenvalue weighted by Gasteiger charge is 2.12. The minimum absolute atomic E-state index is 0.0128. The summed E-state index contributed by atoms with van der Waals surface area (Å²) in [6.07, 6.45) is 0. The van der Waals surface area contributed by atoms with Crippen LogP contribution in [-0.4, -0.2) is 22.1 Å². The van der Waals surface area contributed by atoms with Crippen molar-refractivity contribution in [1.82, 2.24) is 5.32 Å². The van der Waals surface area contributed by atoms with Crippen molar-refractivity contribution in [1.29, 1.82) is 0 Å². The molecule has 0 spiro atoms. The lowest BCUT2D eigenvalue weighted by molar-refractivity contribution is 0.0696. The maximum absolute atomic E-state index is 12.1. The zero-order chi connectivity index (χ0) is 17.9. The molecule has 124 valence electrons. The molecule has 0 heterocycles. The number of aryl methyl sites for hydroxylation is 1. The molecule has 2 rings (SSSR count). The Morgan fingerprint density at radius 1 is 1.04 bits per heavy atom. The van der Waals surface area contributed by atoms with Crippen LogP contribution in [0.5, 0.6) is 0 Å². The standard InChI is InChI=1S/C16H12Cl2N2O3S/c1-8-2-3-9(6-12(8)18)14(21)20-16(24)19-13-7-10(15(22)23)4-5-11(13)17/h2-7H,1H3,(H,22,23)(H2,19,20,21,24). The Hall–Kier alpha value is -2.15. The van der Waals surface area contributed by atoms with Gasteiger partial charge < -0.3 is 10.4 Å². The first kappa shape index (κ1) is 18.2. The lowest BCUT2D eigenvalue weighted by atomic mass is 10.1. The smallest absolute Gasteiger partial charge is 0.335 e. The van der Waals surface area contributed by atoms with Crippen LogP contribution < -0.4 is 10.6 Å². The van der Waals surface area contributed by atoms with Gasteiger partial charge in [-0.3, -0.25) is 10.1 Å². The zero-order valence-corrected chi connectivity index (χ0v) is 14.7. The van der Waals surface area contributed by atoms with Crippen molar-refractivity contribution in [2.24, 2.45) is 0 Å². The maximum atomic E-state index is 12.1. The molecule has 2 aromatic rings. The van der Waals surface area contributed by atoms with Gasteiger partial charge in [0.25, 0.3) is 5.91 Å². The number of amides is 1. The Morgan fingerprint density at radius 2 is 1.71 bits per heavy atom. The highest BCUT2D eigenvalue weighted by molar-refractivity contribution is 7.80. The summed E-state index contributed by atoms with van der Waals surface area (Å²) in [5.41, 5.74) is 1.52. The predicted octanol–water partition coefficient (Wildman–Crippen LogP) is 4.13. The van der Waals surface area contributed by atoms with Gasteiger partial charge in [0, 0.05) is 10.6 Å². The van der Waals surface area contributed by atoms with Gasteiger partial charge in [0.2, 0.25) is 0 Å². The molecule has 8 heteroatoms. The summed E-state index contributed by atoms with van der Waals surface area (Å²) in [4.78, 5) is 23.1. The average molecular weight is 383 g/mol. The fourth-order valence-corrected chi connectivity index (χ4v) is 2.37. The molecule has 0 atom stereocenters. The molecule has 0 aliphatic heterocycles. The van der Waals surface area contributed by atoms with E-state index in [0.717, 1.165) is 5.56 Å². The number of thiocarbonyl (C=S) groups is 1. The molecular formula is C16H12Cl2N2O3S. The molecule has 0 saturated heterocycles. The summed E-state index contributed by atoms with van der Waals surface area (Å²) in [6, 6.07) is 9.00. The van der Waals surface area contributed by atoms with E-state index in [1.54, 1.807) is 12.1 Å². The fraction of sp³-hybridized carbons (Fsp3) is 0.0625. The van der Waals surface area contributed by atoms with Crippen molar-refractivity contribution >= 4 is 58.1 Å². The number of hydrogen-bond acceptors (Lipinski definition) is 3. The zero-order valence-electron chi connectivity index (χ0n) is 12.4. The third-order valence-corrected chi connectivity index (χ3v) is 4.06. The van der Waals surface area contributed by atoms with Crippen molar-refractivity contribution in [3.8, 4) is 0 Å². The van der Waals surface area contributed by atoms with Gasteiger partial charge in [-0.05, 0) is 55.0 Å². The molecule has 0 radical (unpaired) electrons. The molecule has 0 fully saturated rings. The quantitative estimate of drug-likeness (QED) is 0.695. The molecule has 0 unspecified atom stereocenters. The third-order valence-electron chi connectivity index (χ3n) is 3.12. The van der Waals surface area contributed by atoms with Crippen LogP contribution in [0.4, 0.5) is 5.69 Å². The van der Waals surface area contributed by atoms with Crippen LogP contribution in [0, 0.1) is 6.92 Å². The summed E-state index contributed by atoms with van der Waals surface area (Å²) in [6.45, 7) is 1.83. The van der Waals surface area contributed by atoms with Gasteiger partial charge in [-0.2, -0.15) is 0 Å². The van der Waals surface area contributed by atoms with E-state index < -0.39 is 11.9 Å². The van der Waals surface area contributed by atoms with Crippen LogP contribution in [0.25, 0.3) is 0 Å². The summed E-state index contributed by atoms with van der Waals surface area (Å²) in [5.74, 6) is -1.54. The number of anilines is 1. The topological polar surface area (TPSA) is 78.4 Å². The van der Waals surface area contributed by atoms with E-state index in [1.807, 2.05) is 6.92 Å². The number of carboxylic acids is 1. The normalized spacial score (nSPS) is 10.1. The number of benzene rings is 2. The summed E-state index contributed by atoms with van der Waals surface area (Å²) in [5, 5.41) is 14.9. The van der Waals surface area contributed by atoms with Crippen LogP contribution >= 0.6 is 35.4 Å². The molecule has 0 aliphatic rings. The third kappa shape index (κ3) is 4.44. The Morgan fingerprint density at radius 3 is 2.33 bits per heavy atom. The van der Waals surface area contributed by atoms with Crippen molar-refractivity contribution in [3.05, 3.63) is 63.1 Å². The van der Waals surface area contributed by atoms with Crippen molar-refractivity contribution in [2.75, 3.05) is 5.32 Å². The second-order valence-electron chi connectivity index (χ2n) is 4.87. The Balaban J connectivity index is 2.10. The monoisotopic (exact) mass is 382 g/mol. The fourth-order valence-electron chi connectivity index (χ4n) is 1.82. The number of aromatic carboxylic acids is 1. The van der Waals surface area contributed by atoms with Gasteiger partial charge >= 0.3 is 5.97 Å². The maximum Gasteiger partial charge on any atom is 0.335 e. The lowest BCUT2D eigenvalue weighted by Gasteiger charge is -2.12. The molecule has 1 amide bonds. The number of halogens is 2. The molecule has 24 heavy (non-hydrogen) atoms. The molecule has 0 aromatic heterocycles. The van der Waals surface area contributed by atoms with Gasteiger partial charge in [-0.1, -0.05) is 29.3 Å². The summed E-state index contributed by atoms with van der Waals surface area (Å²) >= 11 is 17.0. The van der Waals surface area contributed by atoms with Crippen molar-refractivity contribution in [3.63, 3.8) is 0 Å². The number of carbonyl (C=O) groups excluding carboxylic acids is 1. The molecular weight excluding hydrogens is 371 g/mol. The van der Waals surface area contributed by atoms with Crippen LogP contribution in [0.1, 0.15) is 26.3 Å². The molecule has 5 nitrogen and oxygen atoms in total.